The molecule has 2 aliphatic rings. The average molecular weight is 177 g/mol. The lowest BCUT2D eigenvalue weighted by atomic mass is 10.3. The molecule has 1 saturated heterocycles. The van der Waals surface area contributed by atoms with Gasteiger partial charge in [0, 0.05) is 25.7 Å². The highest BCUT2D eigenvalue weighted by Crippen LogP contribution is 2.51. The topological polar surface area (TPSA) is 29.3 Å². The van der Waals surface area contributed by atoms with Crippen molar-refractivity contribution < 1.29 is 4.52 Å². The molecule has 1 aromatic rings. The highest BCUT2D eigenvalue weighted by molar-refractivity contribution is 5.07. The molecule has 1 aliphatic heterocycles. The minimum absolute atomic E-state index is 0.730. The number of fused-ring (bicyclic) bond motifs is 1. The molecule has 1 saturated carbocycles. The molecule has 1 radical (unpaired) electrons. The van der Waals surface area contributed by atoms with Crippen LogP contribution in [0.3, 0.4) is 0 Å². The lowest BCUT2D eigenvalue weighted by Gasteiger charge is -2.16. The zero-order valence-corrected chi connectivity index (χ0v) is 7.52. The molecule has 2 atom stereocenters. The first-order valence-electron chi connectivity index (χ1n) is 4.79. The summed E-state index contributed by atoms with van der Waals surface area (Å²) < 4.78 is 4.79. The van der Waals surface area contributed by atoms with Gasteiger partial charge in [0.15, 0.2) is 0 Å². The normalized spacial score (nSPS) is 37.8. The van der Waals surface area contributed by atoms with Crippen molar-refractivity contribution in [3.63, 3.8) is 0 Å². The molecule has 3 heteroatoms. The molecule has 1 aromatic heterocycles. The van der Waals surface area contributed by atoms with Gasteiger partial charge >= 0.3 is 0 Å². The first kappa shape index (κ1) is 7.56. The van der Waals surface area contributed by atoms with Gasteiger partial charge in [-0.15, -0.1) is 0 Å². The Morgan fingerprint density at radius 3 is 2.92 bits per heavy atom. The van der Waals surface area contributed by atoms with Crippen molar-refractivity contribution >= 4 is 0 Å². The molecule has 69 valence electrons. The van der Waals surface area contributed by atoms with E-state index in [-0.39, 0.29) is 0 Å². The van der Waals surface area contributed by atoms with Crippen LogP contribution in [0.25, 0.3) is 0 Å². The zero-order valence-electron chi connectivity index (χ0n) is 7.52. The molecule has 3 nitrogen and oxygen atoms in total. The number of hydrogen-bond donors (Lipinski definition) is 0. The van der Waals surface area contributed by atoms with Crippen LogP contribution < -0.4 is 0 Å². The summed E-state index contributed by atoms with van der Waals surface area (Å²) in [4.78, 5) is 2.44. The lowest BCUT2D eigenvalue weighted by Crippen LogP contribution is -2.23. The summed E-state index contributed by atoms with van der Waals surface area (Å²) in [6.45, 7) is 7.45. The minimum atomic E-state index is 0.730. The molecule has 13 heavy (non-hydrogen) atoms. The van der Waals surface area contributed by atoms with Gasteiger partial charge in [0.05, 0.1) is 5.69 Å². The van der Waals surface area contributed by atoms with Crippen LogP contribution in [-0.2, 0) is 6.54 Å². The van der Waals surface area contributed by atoms with Gasteiger partial charge in [0.1, 0.15) is 6.26 Å². The Bertz CT molecular complexity index is 284. The van der Waals surface area contributed by atoms with E-state index in [1.165, 1.54) is 13.1 Å². The summed E-state index contributed by atoms with van der Waals surface area (Å²) in [5.74, 6) is 2.47. The lowest BCUT2D eigenvalue weighted by molar-refractivity contribution is 0.275. The Morgan fingerprint density at radius 2 is 2.31 bits per heavy atom. The fraction of sp³-hybridized carbons (Fsp3) is 0.600. The van der Waals surface area contributed by atoms with Crippen LogP contribution in [-0.4, -0.2) is 23.1 Å². The van der Waals surface area contributed by atoms with Crippen LogP contribution in [0.1, 0.15) is 5.69 Å². The van der Waals surface area contributed by atoms with E-state index in [0.717, 1.165) is 30.0 Å². The first-order chi connectivity index (χ1) is 6.34. The van der Waals surface area contributed by atoms with E-state index in [1.54, 1.807) is 6.26 Å². The van der Waals surface area contributed by atoms with Crippen molar-refractivity contribution in [1.29, 1.82) is 0 Å². The first-order valence-corrected chi connectivity index (χ1v) is 4.79. The Kier molecular flexibility index (Phi) is 1.50. The molecule has 0 spiro atoms. The maximum atomic E-state index is 4.79. The molecule has 1 aliphatic carbocycles. The van der Waals surface area contributed by atoms with Gasteiger partial charge in [-0.25, -0.2) is 0 Å². The summed E-state index contributed by atoms with van der Waals surface area (Å²) in [6, 6.07) is 1.94. The summed E-state index contributed by atoms with van der Waals surface area (Å²) in [6.07, 6.45) is 1.64. The van der Waals surface area contributed by atoms with E-state index >= 15 is 0 Å². The molecule has 0 amide bonds. The Morgan fingerprint density at radius 1 is 1.54 bits per heavy atom. The second kappa shape index (κ2) is 2.58. The molecule has 2 heterocycles. The van der Waals surface area contributed by atoms with Gasteiger partial charge < -0.3 is 4.52 Å². The van der Waals surface area contributed by atoms with Gasteiger partial charge in [-0.3, -0.25) is 4.90 Å². The number of nitrogens with zero attached hydrogens (tertiary/aromatic N) is 2. The fourth-order valence-electron chi connectivity index (χ4n) is 2.41. The van der Waals surface area contributed by atoms with E-state index < -0.39 is 0 Å². The van der Waals surface area contributed by atoms with Gasteiger partial charge in [0.25, 0.3) is 0 Å². The quantitative estimate of drug-likeness (QED) is 0.679. The van der Waals surface area contributed by atoms with Crippen LogP contribution in [0.5, 0.6) is 0 Å². The Hall–Kier alpha value is -0.830. The van der Waals surface area contributed by atoms with Crippen LogP contribution in [0.4, 0.5) is 0 Å². The predicted molar refractivity (Wildman–Crippen MR) is 47.6 cm³/mol. The third kappa shape index (κ3) is 1.18. The number of likely N-dealkylation sites (tertiary alicyclic amines) is 1. The summed E-state index contributed by atoms with van der Waals surface area (Å²) in [5, 5.41) is 3.91. The van der Waals surface area contributed by atoms with E-state index in [2.05, 4.69) is 17.0 Å². The molecule has 2 unspecified atom stereocenters. The van der Waals surface area contributed by atoms with Crippen molar-refractivity contribution in [3.05, 3.63) is 24.9 Å². The predicted octanol–water partition coefficient (Wildman–Crippen LogP) is 1.19. The van der Waals surface area contributed by atoms with Crippen molar-refractivity contribution in [2.24, 2.45) is 17.8 Å². The molecule has 0 aromatic carbocycles. The van der Waals surface area contributed by atoms with Crippen LogP contribution in [0.15, 0.2) is 16.9 Å². The molecule has 0 bridgehead atoms. The number of rotatable bonds is 2. The molecule has 0 N–H and O–H groups in total. The second-order valence-corrected chi connectivity index (χ2v) is 4.18. The summed E-state index contributed by atoms with van der Waals surface area (Å²) in [5.41, 5.74) is 1.04. The maximum Gasteiger partial charge on any atom is 0.124 e. The van der Waals surface area contributed by atoms with E-state index in [1.807, 2.05) is 6.07 Å². The SMILES string of the molecule is [CH2]C1C2CN(Cc3ccon3)CC12. The van der Waals surface area contributed by atoms with Gasteiger partial charge in [-0.2, -0.15) is 0 Å². The van der Waals surface area contributed by atoms with Crippen LogP contribution in [0, 0.1) is 24.7 Å². The molecule has 3 rings (SSSR count). The fourth-order valence-corrected chi connectivity index (χ4v) is 2.41. The zero-order chi connectivity index (χ0) is 8.84. The van der Waals surface area contributed by atoms with Crippen LogP contribution >= 0.6 is 0 Å². The van der Waals surface area contributed by atoms with Gasteiger partial charge in [-0.1, -0.05) is 5.16 Å². The summed E-state index contributed by atoms with van der Waals surface area (Å²) >= 11 is 0. The molecule has 2 fully saturated rings. The Labute approximate surface area is 77.7 Å². The van der Waals surface area contributed by atoms with Crippen molar-refractivity contribution in [3.8, 4) is 0 Å². The summed E-state index contributed by atoms with van der Waals surface area (Å²) in [7, 11) is 0. The standard InChI is InChI=1S/C10H13N2O/c1-7-9-5-12(6-10(7)9)4-8-2-3-13-11-8/h2-3,7,9-10H,1,4-6H2. The van der Waals surface area contributed by atoms with Crippen molar-refractivity contribution in [2.75, 3.05) is 13.1 Å². The van der Waals surface area contributed by atoms with Crippen molar-refractivity contribution in [1.82, 2.24) is 10.1 Å². The Balaban J connectivity index is 1.59. The monoisotopic (exact) mass is 177 g/mol. The highest BCUT2D eigenvalue weighted by Gasteiger charge is 2.52. The number of hydrogen-bond acceptors (Lipinski definition) is 3. The largest absolute Gasteiger partial charge is 0.364 e. The third-order valence-electron chi connectivity index (χ3n) is 3.32. The molecular formula is C10H13N2O. The number of aromatic nitrogens is 1. The number of piperidine rings is 1. The van der Waals surface area contributed by atoms with Gasteiger partial charge in [0.2, 0.25) is 0 Å². The molecular weight excluding hydrogens is 164 g/mol. The maximum absolute atomic E-state index is 4.79. The third-order valence-corrected chi connectivity index (χ3v) is 3.32. The minimum Gasteiger partial charge on any atom is -0.364 e. The average Bonchev–Trinajstić information content (AvgIpc) is 2.66. The van der Waals surface area contributed by atoms with Crippen molar-refractivity contribution in [2.45, 2.75) is 6.54 Å². The smallest absolute Gasteiger partial charge is 0.124 e. The highest BCUT2D eigenvalue weighted by atomic mass is 16.5. The van der Waals surface area contributed by atoms with Gasteiger partial charge in [-0.05, 0) is 24.7 Å². The van der Waals surface area contributed by atoms with E-state index in [9.17, 15) is 0 Å². The van der Waals surface area contributed by atoms with Crippen LogP contribution in [0.2, 0.25) is 0 Å². The van der Waals surface area contributed by atoms with E-state index in [0.29, 0.717) is 0 Å². The van der Waals surface area contributed by atoms with E-state index in [4.69, 9.17) is 4.52 Å². The second-order valence-electron chi connectivity index (χ2n) is 4.18.